The van der Waals surface area contributed by atoms with Gasteiger partial charge in [0.05, 0.1) is 6.61 Å². The average Bonchev–Trinajstić information content (AvgIpc) is 2.36. The predicted octanol–water partition coefficient (Wildman–Crippen LogP) is 2.04. The van der Waals surface area contributed by atoms with E-state index in [-0.39, 0.29) is 12.0 Å². The molecule has 0 aliphatic carbocycles. The summed E-state index contributed by atoms with van der Waals surface area (Å²) in [5.41, 5.74) is 0. The Balaban J connectivity index is 2.37. The lowest BCUT2D eigenvalue weighted by atomic mass is 9.99. The Morgan fingerprint density at radius 3 is 2.53 bits per heavy atom. The van der Waals surface area contributed by atoms with Gasteiger partial charge in [-0.15, -0.1) is 0 Å². The van der Waals surface area contributed by atoms with Gasteiger partial charge in [0.25, 0.3) is 0 Å². The van der Waals surface area contributed by atoms with Crippen molar-refractivity contribution in [3.05, 3.63) is 0 Å². The molecule has 0 aromatic heterocycles. The van der Waals surface area contributed by atoms with Crippen molar-refractivity contribution in [1.82, 2.24) is 10.2 Å². The Hall–Kier alpha value is -0.610. The fraction of sp³-hybridized carbons (Fsp3) is 0.933. The summed E-state index contributed by atoms with van der Waals surface area (Å²) < 4.78 is 5.14. The maximum Gasteiger partial charge on any atom is 0.323 e. The van der Waals surface area contributed by atoms with Gasteiger partial charge in [-0.3, -0.25) is 4.79 Å². The molecule has 1 aliphatic rings. The molecule has 1 saturated heterocycles. The first-order valence-electron chi connectivity index (χ1n) is 7.68. The van der Waals surface area contributed by atoms with Gasteiger partial charge in [-0.25, -0.2) is 0 Å². The van der Waals surface area contributed by atoms with E-state index in [4.69, 9.17) is 4.74 Å². The van der Waals surface area contributed by atoms with Gasteiger partial charge in [0, 0.05) is 12.6 Å². The van der Waals surface area contributed by atoms with Crippen molar-refractivity contribution in [3.63, 3.8) is 0 Å². The number of esters is 1. The minimum atomic E-state index is -0.167. The Labute approximate surface area is 117 Å². The fourth-order valence-corrected chi connectivity index (χ4v) is 2.51. The van der Waals surface area contributed by atoms with Gasteiger partial charge in [0.1, 0.15) is 6.04 Å². The van der Waals surface area contributed by atoms with Crippen molar-refractivity contribution in [2.75, 3.05) is 26.2 Å². The number of carbonyl (C=O) groups is 1. The van der Waals surface area contributed by atoms with E-state index < -0.39 is 0 Å². The van der Waals surface area contributed by atoms with Gasteiger partial charge >= 0.3 is 5.97 Å². The largest absolute Gasteiger partial charge is 0.465 e. The van der Waals surface area contributed by atoms with E-state index in [2.05, 4.69) is 31.0 Å². The minimum Gasteiger partial charge on any atom is -0.465 e. The molecule has 1 N–H and O–H groups in total. The Morgan fingerprint density at radius 1 is 1.37 bits per heavy atom. The molecule has 112 valence electrons. The number of nitrogens with one attached hydrogen (secondary N) is 1. The van der Waals surface area contributed by atoms with Crippen molar-refractivity contribution in [3.8, 4) is 0 Å². The normalized spacial score (nSPS) is 19.6. The maximum atomic E-state index is 11.9. The second-order valence-electron chi connectivity index (χ2n) is 5.94. The molecule has 1 aliphatic heterocycles. The lowest BCUT2D eigenvalue weighted by Crippen LogP contribution is -2.45. The summed E-state index contributed by atoms with van der Waals surface area (Å²) in [6.07, 6.45) is 3.40. The zero-order chi connectivity index (χ0) is 14.3. The summed E-state index contributed by atoms with van der Waals surface area (Å²) in [5.74, 6) is 0.743. The van der Waals surface area contributed by atoms with E-state index >= 15 is 0 Å². The quantitative estimate of drug-likeness (QED) is 0.719. The number of nitrogens with zero attached hydrogens (tertiary/aromatic N) is 1. The van der Waals surface area contributed by atoms with Gasteiger partial charge < -0.3 is 15.0 Å². The number of likely N-dealkylation sites (tertiary alicyclic amines) is 1. The van der Waals surface area contributed by atoms with Crippen LogP contribution in [0.1, 0.15) is 47.0 Å². The summed E-state index contributed by atoms with van der Waals surface area (Å²) in [4.78, 5) is 14.4. The third kappa shape index (κ3) is 6.39. The van der Waals surface area contributed by atoms with Crippen LogP contribution < -0.4 is 5.32 Å². The number of hydrogen-bond donors (Lipinski definition) is 1. The molecule has 0 aromatic carbocycles. The molecule has 1 heterocycles. The minimum absolute atomic E-state index is 0.110. The monoisotopic (exact) mass is 270 g/mol. The average molecular weight is 270 g/mol. The topological polar surface area (TPSA) is 41.6 Å². The highest BCUT2D eigenvalue weighted by atomic mass is 16.5. The van der Waals surface area contributed by atoms with Crippen LogP contribution in [0, 0.1) is 5.92 Å². The SMILES string of the molecule is CCOC(=O)C(CCN1CCC(C)CC1)NC(C)C. The van der Waals surface area contributed by atoms with E-state index in [9.17, 15) is 4.79 Å². The Bertz CT molecular complexity index is 261. The Kier molecular flexibility index (Phi) is 7.39. The lowest BCUT2D eigenvalue weighted by Gasteiger charge is -2.31. The summed E-state index contributed by atoms with van der Waals surface area (Å²) >= 11 is 0. The number of hydrogen-bond acceptors (Lipinski definition) is 4. The molecule has 4 heteroatoms. The first-order valence-corrected chi connectivity index (χ1v) is 7.68. The second kappa shape index (κ2) is 8.54. The van der Waals surface area contributed by atoms with Crippen molar-refractivity contribution in [1.29, 1.82) is 0 Å². The molecule has 1 rings (SSSR count). The zero-order valence-corrected chi connectivity index (χ0v) is 12.9. The van der Waals surface area contributed by atoms with E-state index in [1.807, 2.05) is 6.92 Å². The molecule has 19 heavy (non-hydrogen) atoms. The molecule has 1 atom stereocenters. The van der Waals surface area contributed by atoms with Crippen molar-refractivity contribution in [2.45, 2.75) is 59.0 Å². The maximum absolute atomic E-state index is 11.9. The summed E-state index contributed by atoms with van der Waals surface area (Å²) in [6.45, 7) is 12.1. The van der Waals surface area contributed by atoms with Gasteiger partial charge in [-0.05, 0) is 45.2 Å². The van der Waals surface area contributed by atoms with E-state index in [1.165, 1.54) is 25.9 Å². The molecule has 1 unspecified atom stereocenters. The molecule has 0 saturated carbocycles. The predicted molar refractivity (Wildman–Crippen MR) is 78.1 cm³/mol. The fourth-order valence-electron chi connectivity index (χ4n) is 2.51. The molecule has 0 aromatic rings. The van der Waals surface area contributed by atoms with E-state index in [0.717, 1.165) is 18.9 Å². The van der Waals surface area contributed by atoms with Crippen LogP contribution in [0.25, 0.3) is 0 Å². The van der Waals surface area contributed by atoms with Crippen LogP contribution in [0.5, 0.6) is 0 Å². The van der Waals surface area contributed by atoms with Crippen molar-refractivity contribution >= 4 is 5.97 Å². The molecule has 4 nitrogen and oxygen atoms in total. The van der Waals surface area contributed by atoms with Crippen molar-refractivity contribution < 1.29 is 9.53 Å². The lowest BCUT2D eigenvalue weighted by molar-refractivity contribution is -0.146. The van der Waals surface area contributed by atoms with Crippen LogP contribution in [0.15, 0.2) is 0 Å². The molecule has 0 amide bonds. The zero-order valence-electron chi connectivity index (χ0n) is 12.9. The van der Waals surface area contributed by atoms with Gasteiger partial charge in [0.2, 0.25) is 0 Å². The first-order chi connectivity index (χ1) is 9.02. The third-order valence-electron chi connectivity index (χ3n) is 3.72. The molecule has 1 fully saturated rings. The number of ether oxygens (including phenoxy) is 1. The van der Waals surface area contributed by atoms with E-state index in [0.29, 0.717) is 12.6 Å². The van der Waals surface area contributed by atoms with Crippen LogP contribution in [-0.2, 0) is 9.53 Å². The number of rotatable bonds is 7. The Morgan fingerprint density at radius 2 is 2.00 bits per heavy atom. The highest BCUT2D eigenvalue weighted by molar-refractivity contribution is 5.75. The van der Waals surface area contributed by atoms with E-state index in [1.54, 1.807) is 0 Å². The third-order valence-corrected chi connectivity index (χ3v) is 3.72. The smallest absolute Gasteiger partial charge is 0.323 e. The van der Waals surface area contributed by atoms with Crippen molar-refractivity contribution in [2.24, 2.45) is 5.92 Å². The molecule has 0 bridgehead atoms. The van der Waals surface area contributed by atoms with Crippen LogP contribution in [-0.4, -0.2) is 49.2 Å². The van der Waals surface area contributed by atoms with Gasteiger partial charge in [-0.1, -0.05) is 20.8 Å². The first kappa shape index (κ1) is 16.4. The van der Waals surface area contributed by atoms with Crippen LogP contribution in [0.3, 0.4) is 0 Å². The van der Waals surface area contributed by atoms with Crippen LogP contribution >= 0.6 is 0 Å². The summed E-state index contributed by atoms with van der Waals surface area (Å²) in [5, 5.41) is 3.31. The van der Waals surface area contributed by atoms with Gasteiger partial charge in [0.15, 0.2) is 0 Å². The molecular formula is C15H30N2O2. The summed E-state index contributed by atoms with van der Waals surface area (Å²) in [7, 11) is 0. The molecule has 0 spiro atoms. The summed E-state index contributed by atoms with van der Waals surface area (Å²) in [6, 6.07) is 0.134. The van der Waals surface area contributed by atoms with Gasteiger partial charge in [-0.2, -0.15) is 0 Å². The number of piperidine rings is 1. The van der Waals surface area contributed by atoms with Crippen LogP contribution in [0.4, 0.5) is 0 Å². The highest BCUT2D eigenvalue weighted by Crippen LogP contribution is 2.16. The molecular weight excluding hydrogens is 240 g/mol. The van der Waals surface area contributed by atoms with Crippen LogP contribution in [0.2, 0.25) is 0 Å². The highest BCUT2D eigenvalue weighted by Gasteiger charge is 2.22. The standard InChI is InChI=1S/C15H30N2O2/c1-5-19-15(18)14(16-12(2)3)8-11-17-9-6-13(4)7-10-17/h12-14,16H,5-11H2,1-4H3. The molecule has 0 radical (unpaired) electrons. The second-order valence-corrected chi connectivity index (χ2v) is 5.94. The number of carbonyl (C=O) groups excluding carboxylic acids is 1.